The Morgan fingerprint density at radius 1 is 0.893 bits per heavy atom. The number of ether oxygens (including phenoxy) is 2. The third kappa shape index (κ3) is 5.65. The lowest BCUT2D eigenvalue weighted by atomic mass is 10.1. The Balaban J connectivity index is 1.91. The van der Waals surface area contributed by atoms with Crippen molar-refractivity contribution >= 4 is 19.2 Å². The average Bonchev–Trinajstić information content (AvgIpc) is 2.70. The largest absolute Gasteiger partial charge is 0.467 e. The van der Waals surface area contributed by atoms with E-state index in [-0.39, 0.29) is 6.79 Å². The third-order valence-corrected chi connectivity index (χ3v) is 5.94. The van der Waals surface area contributed by atoms with E-state index in [4.69, 9.17) is 9.47 Å². The molecule has 0 fully saturated rings. The van der Waals surface area contributed by atoms with Gasteiger partial charge in [-0.2, -0.15) is 0 Å². The molecule has 0 aliphatic rings. The maximum absolute atomic E-state index is 5.86. The van der Waals surface area contributed by atoms with Crippen molar-refractivity contribution in [2.45, 2.75) is 19.9 Å². The number of methoxy groups -OCH3 is 1. The van der Waals surface area contributed by atoms with Gasteiger partial charge in [-0.1, -0.05) is 68.7 Å². The van der Waals surface area contributed by atoms with E-state index in [0.717, 1.165) is 18.7 Å². The van der Waals surface area contributed by atoms with E-state index in [1.54, 1.807) is 7.11 Å². The highest BCUT2D eigenvalue weighted by molar-refractivity contribution is 7.55. The highest BCUT2D eigenvalue weighted by Gasteiger charge is 2.10. The zero-order valence-corrected chi connectivity index (χ0v) is 17.8. The minimum absolute atomic E-state index is 0.257. The van der Waals surface area contributed by atoms with Crippen molar-refractivity contribution in [1.82, 2.24) is 5.32 Å². The third-order valence-electron chi connectivity index (χ3n) is 4.52. The van der Waals surface area contributed by atoms with Crippen LogP contribution in [0, 0.1) is 6.92 Å². The van der Waals surface area contributed by atoms with Gasteiger partial charge in [0.1, 0.15) is 5.75 Å². The number of benzene rings is 3. The number of hydrogen-bond donors (Lipinski definition) is 1. The Morgan fingerprint density at radius 2 is 1.71 bits per heavy atom. The molecular weight excluding hydrogens is 365 g/mol. The molecule has 0 aromatic heterocycles. The zero-order valence-electron chi connectivity index (χ0n) is 16.8. The van der Waals surface area contributed by atoms with Gasteiger partial charge in [0.2, 0.25) is 0 Å². The Kier molecular flexibility index (Phi) is 7.62. The first-order chi connectivity index (χ1) is 13.7. The summed E-state index contributed by atoms with van der Waals surface area (Å²) in [6.07, 6.45) is 0.917. The lowest BCUT2D eigenvalue weighted by Crippen LogP contribution is -2.17. The van der Waals surface area contributed by atoms with Gasteiger partial charge < -0.3 is 14.8 Å². The molecule has 3 nitrogen and oxygen atoms in total. The highest BCUT2D eigenvalue weighted by Crippen LogP contribution is 2.24. The summed E-state index contributed by atoms with van der Waals surface area (Å²) in [6, 6.07) is 23.8. The molecule has 3 rings (SSSR count). The maximum atomic E-state index is 5.86. The van der Waals surface area contributed by atoms with E-state index in [0.29, 0.717) is 8.58 Å². The molecule has 3 aromatic rings. The first kappa shape index (κ1) is 20.5. The first-order valence-corrected chi connectivity index (χ1v) is 10.5. The predicted molar refractivity (Wildman–Crippen MR) is 120 cm³/mol. The monoisotopic (exact) mass is 393 g/mol. The molecule has 0 bridgehead atoms. The van der Waals surface area contributed by atoms with Crippen molar-refractivity contribution in [1.29, 1.82) is 0 Å². The van der Waals surface area contributed by atoms with Crippen molar-refractivity contribution in [2.75, 3.05) is 21.0 Å². The Bertz CT molecular complexity index is 896. The van der Waals surface area contributed by atoms with Crippen LogP contribution in [0.4, 0.5) is 0 Å². The SMILES string of the molecule is CNCc1cc(C)ccc1Pc1cc(Cc2ccccc2)ccc1OCOC. The van der Waals surface area contributed by atoms with Crippen LogP contribution in [0.5, 0.6) is 5.75 Å². The van der Waals surface area contributed by atoms with Crippen molar-refractivity contribution in [3.05, 3.63) is 89.0 Å². The maximum Gasteiger partial charge on any atom is 0.188 e. The number of aryl methyl sites for hydroxylation is 1. The van der Waals surface area contributed by atoms with Crippen LogP contribution in [0.1, 0.15) is 22.3 Å². The molecule has 4 heteroatoms. The van der Waals surface area contributed by atoms with Gasteiger partial charge in [-0.3, -0.25) is 0 Å². The molecule has 3 aromatic carbocycles. The van der Waals surface area contributed by atoms with E-state index in [1.165, 1.54) is 32.9 Å². The summed E-state index contributed by atoms with van der Waals surface area (Å²) < 4.78 is 11.0. The standard InChI is InChI=1S/C24H28NO2P/c1-18-9-12-23(21(13-18)16-25-2)28-24-15-20(10-11-22(24)27-17-26-3)14-19-7-5-4-6-8-19/h4-13,15,25,28H,14,16-17H2,1-3H3. The molecule has 0 heterocycles. The molecule has 0 saturated carbocycles. The molecule has 0 radical (unpaired) electrons. The number of hydrogen-bond acceptors (Lipinski definition) is 3. The summed E-state index contributed by atoms with van der Waals surface area (Å²) in [5.41, 5.74) is 5.23. The smallest absolute Gasteiger partial charge is 0.188 e. The van der Waals surface area contributed by atoms with E-state index in [9.17, 15) is 0 Å². The molecule has 1 unspecified atom stereocenters. The van der Waals surface area contributed by atoms with Gasteiger partial charge >= 0.3 is 0 Å². The van der Waals surface area contributed by atoms with E-state index in [1.807, 2.05) is 7.05 Å². The van der Waals surface area contributed by atoms with E-state index in [2.05, 4.69) is 79.0 Å². The van der Waals surface area contributed by atoms with Crippen LogP contribution in [0.25, 0.3) is 0 Å². The Hall–Kier alpha value is -2.19. The molecule has 0 spiro atoms. The summed E-state index contributed by atoms with van der Waals surface area (Å²) in [5.74, 6) is 0.896. The van der Waals surface area contributed by atoms with Gasteiger partial charge in [-0.05, 0) is 54.5 Å². The molecule has 28 heavy (non-hydrogen) atoms. The quantitative estimate of drug-likeness (QED) is 0.442. The Morgan fingerprint density at radius 3 is 2.46 bits per heavy atom. The number of rotatable bonds is 9. The predicted octanol–water partition coefficient (Wildman–Crippen LogP) is 3.92. The normalized spacial score (nSPS) is 11.2. The molecule has 0 saturated heterocycles. The van der Waals surface area contributed by atoms with Gasteiger partial charge in [-0.25, -0.2) is 0 Å². The first-order valence-electron chi connectivity index (χ1n) is 9.49. The van der Waals surface area contributed by atoms with Crippen molar-refractivity contribution < 1.29 is 9.47 Å². The van der Waals surface area contributed by atoms with Crippen LogP contribution >= 0.6 is 8.58 Å². The highest BCUT2D eigenvalue weighted by atomic mass is 31.1. The lowest BCUT2D eigenvalue weighted by molar-refractivity contribution is 0.0519. The molecule has 0 aliphatic heterocycles. The van der Waals surface area contributed by atoms with Gasteiger partial charge in [-0.15, -0.1) is 0 Å². The van der Waals surface area contributed by atoms with Gasteiger partial charge in [0, 0.05) is 19.0 Å². The Labute approximate surface area is 169 Å². The van der Waals surface area contributed by atoms with Gasteiger partial charge in [0.05, 0.1) is 0 Å². The fraction of sp³-hybridized carbons (Fsp3) is 0.250. The fourth-order valence-electron chi connectivity index (χ4n) is 3.19. The second-order valence-corrected chi connectivity index (χ2v) is 8.19. The second-order valence-electron chi connectivity index (χ2n) is 6.86. The van der Waals surface area contributed by atoms with Gasteiger partial charge in [0.25, 0.3) is 0 Å². The summed E-state index contributed by atoms with van der Waals surface area (Å²) in [7, 11) is 4.17. The topological polar surface area (TPSA) is 30.5 Å². The molecule has 1 N–H and O–H groups in total. The summed E-state index contributed by atoms with van der Waals surface area (Å²) in [6.45, 7) is 3.26. The van der Waals surface area contributed by atoms with Crippen LogP contribution < -0.4 is 20.7 Å². The van der Waals surface area contributed by atoms with Gasteiger partial charge in [0.15, 0.2) is 6.79 Å². The molecule has 0 amide bonds. The van der Waals surface area contributed by atoms with E-state index >= 15 is 0 Å². The summed E-state index contributed by atoms with van der Waals surface area (Å²) >= 11 is 0. The lowest BCUT2D eigenvalue weighted by Gasteiger charge is -2.15. The van der Waals surface area contributed by atoms with Crippen LogP contribution in [0.2, 0.25) is 0 Å². The van der Waals surface area contributed by atoms with Crippen LogP contribution in [-0.4, -0.2) is 21.0 Å². The van der Waals surface area contributed by atoms with Crippen LogP contribution in [0.3, 0.4) is 0 Å². The fourth-order valence-corrected chi connectivity index (χ4v) is 4.51. The molecule has 146 valence electrons. The minimum Gasteiger partial charge on any atom is -0.467 e. The molecule has 0 aliphatic carbocycles. The zero-order chi connectivity index (χ0) is 19.8. The average molecular weight is 393 g/mol. The number of nitrogens with one attached hydrogen (secondary N) is 1. The van der Waals surface area contributed by atoms with Crippen molar-refractivity contribution in [3.63, 3.8) is 0 Å². The summed E-state index contributed by atoms with van der Waals surface area (Å²) in [4.78, 5) is 0. The van der Waals surface area contributed by atoms with E-state index < -0.39 is 0 Å². The van der Waals surface area contributed by atoms with Crippen LogP contribution in [-0.2, 0) is 17.7 Å². The molecule has 1 atom stereocenters. The second kappa shape index (κ2) is 10.4. The minimum atomic E-state index is 0.257. The van der Waals surface area contributed by atoms with Crippen molar-refractivity contribution in [3.8, 4) is 5.75 Å². The molecular formula is C24H28NO2P. The van der Waals surface area contributed by atoms with Crippen LogP contribution in [0.15, 0.2) is 66.7 Å². The summed E-state index contributed by atoms with van der Waals surface area (Å²) in [5, 5.41) is 5.84. The van der Waals surface area contributed by atoms with Crippen molar-refractivity contribution in [2.24, 2.45) is 0 Å².